The summed E-state index contributed by atoms with van der Waals surface area (Å²) in [5.74, 6) is 0. The van der Waals surface area contributed by atoms with Crippen LogP contribution in [0.2, 0.25) is 19.1 Å². The standard InChI is InChI=1S/C6H14OSi.Na.H/c1-8(2)6-4-3-5-7-8;;/h3-6H2,1-2H3;;. The molecule has 0 radical (unpaired) electrons. The Kier molecular flexibility index (Phi) is 4.68. The molecule has 3 heteroatoms. The van der Waals surface area contributed by atoms with E-state index in [2.05, 4.69) is 13.1 Å². The molecule has 1 aliphatic heterocycles. The predicted molar refractivity (Wildman–Crippen MR) is 44.6 cm³/mol. The minimum absolute atomic E-state index is 0. The Labute approximate surface area is 80.6 Å². The van der Waals surface area contributed by atoms with Crippen molar-refractivity contribution < 1.29 is 4.43 Å². The summed E-state index contributed by atoms with van der Waals surface area (Å²) in [6.45, 7) is 5.62. The Hall–Kier alpha value is 1.18. The SMILES string of the molecule is C[Si]1(C)CCCCO1.[NaH]. The third kappa shape index (κ3) is 3.78. The van der Waals surface area contributed by atoms with Gasteiger partial charge in [0.05, 0.1) is 0 Å². The Morgan fingerprint density at radius 2 is 1.89 bits per heavy atom. The van der Waals surface area contributed by atoms with E-state index in [0.717, 1.165) is 6.61 Å². The molecule has 1 nitrogen and oxygen atoms in total. The monoisotopic (exact) mass is 154 g/mol. The fraction of sp³-hybridized carbons (Fsp3) is 1.00. The van der Waals surface area contributed by atoms with Crippen LogP contribution in [0.3, 0.4) is 0 Å². The van der Waals surface area contributed by atoms with E-state index in [0.29, 0.717) is 0 Å². The van der Waals surface area contributed by atoms with Crippen molar-refractivity contribution in [3.05, 3.63) is 0 Å². The van der Waals surface area contributed by atoms with Gasteiger partial charge in [-0.05, 0) is 25.6 Å². The van der Waals surface area contributed by atoms with E-state index in [1.54, 1.807) is 0 Å². The zero-order valence-corrected chi connectivity index (χ0v) is 6.74. The molecule has 0 aromatic carbocycles. The fourth-order valence-corrected chi connectivity index (χ4v) is 3.02. The molecule has 1 rings (SSSR count). The molecule has 50 valence electrons. The molecule has 0 aliphatic carbocycles. The molecule has 0 amide bonds. The zero-order valence-electron chi connectivity index (χ0n) is 5.74. The van der Waals surface area contributed by atoms with E-state index in [4.69, 9.17) is 4.43 Å². The summed E-state index contributed by atoms with van der Waals surface area (Å²) in [5, 5.41) is 0. The van der Waals surface area contributed by atoms with Crippen LogP contribution in [-0.4, -0.2) is 44.5 Å². The summed E-state index contributed by atoms with van der Waals surface area (Å²) in [6, 6.07) is 1.37. The average molecular weight is 154 g/mol. The van der Waals surface area contributed by atoms with Crippen LogP contribution in [0, 0.1) is 0 Å². The van der Waals surface area contributed by atoms with E-state index >= 15 is 0 Å². The summed E-state index contributed by atoms with van der Waals surface area (Å²) < 4.78 is 5.60. The van der Waals surface area contributed by atoms with E-state index in [1.165, 1.54) is 18.9 Å². The maximum atomic E-state index is 5.60. The second-order valence-electron chi connectivity index (χ2n) is 3.07. The van der Waals surface area contributed by atoms with Crippen LogP contribution in [0.4, 0.5) is 0 Å². The van der Waals surface area contributed by atoms with Crippen molar-refractivity contribution in [1.82, 2.24) is 0 Å². The van der Waals surface area contributed by atoms with Gasteiger partial charge in [0.2, 0.25) is 0 Å². The summed E-state index contributed by atoms with van der Waals surface area (Å²) in [4.78, 5) is 0. The average Bonchev–Trinajstić information content (AvgIpc) is 1.65. The molecule has 0 N–H and O–H groups in total. The summed E-state index contributed by atoms with van der Waals surface area (Å²) >= 11 is 0. The van der Waals surface area contributed by atoms with Gasteiger partial charge < -0.3 is 4.43 Å². The molecule has 1 heterocycles. The van der Waals surface area contributed by atoms with Crippen LogP contribution >= 0.6 is 0 Å². The molecule has 1 saturated heterocycles. The summed E-state index contributed by atoms with van der Waals surface area (Å²) in [5.41, 5.74) is 0. The summed E-state index contributed by atoms with van der Waals surface area (Å²) in [6.07, 6.45) is 2.69. The van der Waals surface area contributed by atoms with E-state index in [-0.39, 0.29) is 29.6 Å². The maximum absolute atomic E-state index is 5.60. The molecule has 1 aliphatic rings. The topological polar surface area (TPSA) is 9.23 Å². The van der Waals surface area contributed by atoms with Crippen LogP contribution < -0.4 is 0 Å². The Balaban J connectivity index is 0.000000640. The van der Waals surface area contributed by atoms with Crippen LogP contribution in [0.15, 0.2) is 0 Å². The van der Waals surface area contributed by atoms with Crippen LogP contribution in [0.25, 0.3) is 0 Å². The molecule has 0 unspecified atom stereocenters. The van der Waals surface area contributed by atoms with Crippen LogP contribution in [0.5, 0.6) is 0 Å². The molecular formula is C6H15NaOSi. The van der Waals surface area contributed by atoms with Crippen LogP contribution in [0.1, 0.15) is 12.8 Å². The van der Waals surface area contributed by atoms with Crippen molar-refractivity contribution in [2.75, 3.05) is 6.61 Å². The van der Waals surface area contributed by atoms with Gasteiger partial charge in [0.25, 0.3) is 0 Å². The third-order valence-electron chi connectivity index (χ3n) is 1.67. The number of rotatable bonds is 0. The fourth-order valence-electron chi connectivity index (χ4n) is 1.07. The molecule has 0 aromatic rings. The Morgan fingerprint density at radius 1 is 1.22 bits per heavy atom. The first-order valence-corrected chi connectivity index (χ1v) is 6.46. The van der Waals surface area contributed by atoms with Crippen molar-refractivity contribution in [1.29, 1.82) is 0 Å². The second-order valence-corrected chi connectivity index (χ2v) is 7.37. The molecule has 0 bridgehead atoms. The molecule has 0 aromatic heterocycles. The van der Waals surface area contributed by atoms with E-state index in [9.17, 15) is 0 Å². The van der Waals surface area contributed by atoms with Crippen molar-refractivity contribution in [3.8, 4) is 0 Å². The van der Waals surface area contributed by atoms with Gasteiger partial charge in [-0.3, -0.25) is 0 Å². The first kappa shape index (κ1) is 10.2. The molecule has 0 spiro atoms. The normalized spacial score (nSPS) is 24.7. The summed E-state index contributed by atoms with van der Waals surface area (Å²) in [7, 11) is -1.09. The van der Waals surface area contributed by atoms with Gasteiger partial charge >= 0.3 is 29.6 Å². The first-order chi connectivity index (χ1) is 3.71. The van der Waals surface area contributed by atoms with Gasteiger partial charge in [0.15, 0.2) is 8.32 Å². The zero-order chi connectivity index (χ0) is 6.04. The van der Waals surface area contributed by atoms with Gasteiger partial charge in [-0.1, -0.05) is 6.42 Å². The van der Waals surface area contributed by atoms with Crippen LogP contribution in [-0.2, 0) is 4.43 Å². The minimum atomic E-state index is -1.09. The molecule has 9 heavy (non-hydrogen) atoms. The van der Waals surface area contributed by atoms with E-state index in [1.807, 2.05) is 0 Å². The van der Waals surface area contributed by atoms with Gasteiger partial charge in [0.1, 0.15) is 0 Å². The first-order valence-electron chi connectivity index (χ1n) is 3.35. The Morgan fingerprint density at radius 3 is 2.11 bits per heavy atom. The second kappa shape index (κ2) is 4.14. The predicted octanol–water partition coefficient (Wildman–Crippen LogP) is 1.35. The molecular weight excluding hydrogens is 139 g/mol. The third-order valence-corrected chi connectivity index (χ3v) is 4.21. The van der Waals surface area contributed by atoms with Crippen molar-refractivity contribution in [2.24, 2.45) is 0 Å². The molecule has 1 fully saturated rings. The Bertz CT molecular complexity index is 77.1. The van der Waals surface area contributed by atoms with Crippen molar-refractivity contribution in [2.45, 2.75) is 32.0 Å². The van der Waals surface area contributed by atoms with E-state index < -0.39 is 8.32 Å². The quantitative estimate of drug-likeness (QED) is 0.479. The van der Waals surface area contributed by atoms with Crippen molar-refractivity contribution >= 4 is 37.9 Å². The number of hydrogen-bond acceptors (Lipinski definition) is 1. The molecule has 0 atom stereocenters. The number of hydrogen-bond donors (Lipinski definition) is 0. The van der Waals surface area contributed by atoms with Gasteiger partial charge in [0, 0.05) is 6.61 Å². The van der Waals surface area contributed by atoms with Crippen molar-refractivity contribution in [3.63, 3.8) is 0 Å². The van der Waals surface area contributed by atoms with Gasteiger partial charge in [-0.15, -0.1) is 0 Å². The van der Waals surface area contributed by atoms with Gasteiger partial charge in [-0.2, -0.15) is 0 Å². The molecule has 0 saturated carbocycles. The van der Waals surface area contributed by atoms with Gasteiger partial charge in [-0.25, -0.2) is 0 Å².